The molecule has 0 amide bonds. The second-order valence-electron chi connectivity index (χ2n) is 8.17. The number of hydrogen-bond acceptors (Lipinski definition) is 6. The van der Waals surface area contributed by atoms with E-state index in [1.807, 2.05) is 49.1 Å². The average Bonchev–Trinajstić information content (AvgIpc) is 3.34. The Morgan fingerprint density at radius 3 is 2.67 bits per heavy atom. The molecule has 7 heteroatoms. The number of piperidine rings is 1. The average molecular weight is 492 g/mol. The third-order valence-electron chi connectivity index (χ3n) is 6.17. The molecular weight excluding hydrogens is 457 g/mol. The van der Waals surface area contributed by atoms with E-state index in [1.54, 1.807) is 32.5 Å². The summed E-state index contributed by atoms with van der Waals surface area (Å²) in [5.74, 6) is 0.978. The maximum absolute atomic E-state index is 13.6. The van der Waals surface area contributed by atoms with Crippen molar-refractivity contribution in [3.63, 3.8) is 0 Å². The Hall–Kier alpha value is -3.71. The van der Waals surface area contributed by atoms with Crippen molar-refractivity contribution in [1.29, 1.82) is 0 Å². The monoisotopic (exact) mass is 491 g/mol. The third kappa shape index (κ3) is 5.41. The number of pyridine rings is 1. The molecule has 2 aromatic rings. The molecule has 0 aliphatic carbocycles. The van der Waals surface area contributed by atoms with Crippen LogP contribution in [-0.4, -0.2) is 46.8 Å². The van der Waals surface area contributed by atoms with Crippen LogP contribution in [-0.2, 0) is 4.84 Å². The Kier molecular flexibility index (Phi) is 9.19. The van der Waals surface area contributed by atoms with Crippen LogP contribution in [0.1, 0.15) is 39.2 Å². The summed E-state index contributed by atoms with van der Waals surface area (Å²) in [4.78, 5) is 11.8. The number of rotatable bonds is 7. The molecule has 0 bridgehead atoms. The van der Waals surface area contributed by atoms with Gasteiger partial charge in [-0.05, 0) is 78.5 Å². The van der Waals surface area contributed by atoms with Crippen LogP contribution >= 0.6 is 0 Å². The molecule has 2 aliphatic heterocycles. The van der Waals surface area contributed by atoms with Crippen LogP contribution in [0.3, 0.4) is 0 Å². The first-order valence-electron chi connectivity index (χ1n) is 12.1. The van der Waals surface area contributed by atoms with Gasteiger partial charge in [0.25, 0.3) is 5.72 Å². The molecule has 6 nitrogen and oxygen atoms in total. The predicted octanol–water partition coefficient (Wildman–Crippen LogP) is 6.28. The normalized spacial score (nSPS) is 20.7. The number of hydrogen-bond donors (Lipinski definition) is 1. The first kappa shape index (κ1) is 26.9. The fraction of sp³-hybridized carbons (Fsp3) is 0.310. The van der Waals surface area contributed by atoms with Gasteiger partial charge in [0.1, 0.15) is 18.2 Å². The highest BCUT2D eigenvalue weighted by atomic mass is 19.1. The predicted molar refractivity (Wildman–Crippen MR) is 143 cm³/mol. The Bertz CT molecular complexity index is 1190. The molecule has 190 valence electrons. The van der Waals surface area contributed by atoms with Crippen molar-refractivity contribution in [2.75, 3.05) is 20.3 Å². The molecule has 1 atom stereocenters. The molecule has 1 N–H and O–H groups in total. The number of halogens is 1. The Labute approximate surface area is 212 Å². The highest BCUT2D eigenvalue weighted by Crippen LogP contribution is 2.38. The standard InChI is InChI=1S/C27H28FN3O3.C2H6/c1-4-23(28)9-7-19(2)27(18-32)31-15-5-6-22(26(31)30-34-27)16-20-8-10-24(25(17-20)33-3)21-11-13-29-14-12-21;1-2/h4,7-14,16-17,32H,1,5-6,15,18H2,2-3H3;1-2H3/b19-7+,22-16+,23-9+;. The molecule has 0 saturated carbocycles. The Morgan fingerprint density at radius 1 is 1.25 bits per heavy atom. The molecule has 36 heavy (non-hydrogen) atoms. The minimum Gasteiger partial charge on any atom is -0.496 e. The molecule has 1 saturated heterocycles. The van der Waals surface area contributed by atoms with Crippen molar-refractivity contribution in [3.05, 3.63) is 90.1 Å². The van der Waals surface area contributed by atoms with Gasteiger partial charge in [0.05, 0.1) is 7.11 Å². The zero-order chi connectivity index (χ0) is 26.1. The number of amidine groups is 1. The number of allylic oxidation sites excluding steroid dienone is 4. The molecular formula is C29H34FN3O3. The fourth-order valence-electron chi connectivity index (χ4n) is 4.28. The number of oxime groups is 1. The summed E-state index contributed by atoms with van der Waals surface area (Å²) in [5.41, 5.74) is 3.48. The van der Waals surface area contributed by atoms with Crippen molar-refractivity contribution in [3.8, 4) is 16.9 Å². The van der Waals surface area contributed by atoms with E-state index in [-0.39, 0.29) is 6.61 Å². The van der Waals surface area contributed by atoms with Crippen molar-refractivity contribution < 1.29 is 19.1 Å². The minimum absolute atomic E-state index is 0.312. The van der Waals surface area contributed by atoms with Crippen LogP contribution in [0, 0.1) is 0 Å². The summed E-state index contributed by atoms with van der Waals surface area (Å²) >= 11 is 0. The molecule has 4 rings (SSSR count). The van der Waals surface area contributed by atoms with Gasteiger partial charge >= 0.3 is 0 Å². The van der Waals surface area contributed by atoms with Crippen LogP contribution in [0.5, 0.6) is 5.75 Å². The van der Waals surface area contributed by atoms with E-state index in [1.165, 1.54) is 6.08 Å². The summed E-state index contributed by atoms with van der Waals surface area (Å²) in [5, 5.41) is 14.6. The number of fused-ring (bicyclic) bond motifs is 1. The van der Waals surface area contributed by atoms with Crippen molar-refractivity contribution in [2.45, 2.75) is 39.3 Å². The van der Waals surface area contributed by atoms with Crippen LogP contribution in [0.4, 0.5) is 4.39 Å². The topological polar surface area (TPSA) is 67.2 Å². The quantitative estimate of drug-likeness (QED) is 0.462. The Balaban J connectivity index is 0.00000176. The van der Waals surface area contributed by atoms with Gasteiger partial charge in [0, 0.05) is 24.5 Å². The van der Waals surface area contributed by atoms with Crippen LogP contribution in [0.15, 0.2) is 89.7 Å². The van der Waals surface area contributed by atoms with E-state index in [4.69, 9.17) is 9.57 Å². The molecule has 0 radical (unpaired) electrons. The lowest BCUT2D eigenvalue weighted by Crippen LogP contribution is -2.54. The van der Waals surface area contributed by atoms with Crippen LogP contribution in [0.25, 0.3) is 17.2 Å². The van der Waals surface area contributed by atoms with Gasteiger partial charge in [-0.1, -0.05) is 43.8 Å². The summed E-state index contributed by atoms with van der Waals surface area (Å²) in [7, 11) is 1.66. The molecule has 3 heterocycles. The molecule has 2 aliphatic rings. The third-order valence-corrected chi connectivity index (χ3v) is 6.17. The minimum atomic E-state index is -1.16. The molecule has 1 aromatic carbocycles. The van der Waals surface area contributed by atoms with Gasteiger partial charge in [-0.25, -0.2) is 4.39 Å². The number of aromatic nitrogens is 1. The van der Waals surface area contributed by atoms with E-state index in [0.717, 1.165) is 46.9 Å². The summed E-state index contributed by atoms with van der Waals surface area (Å²) in [6.45, 7) is 9.57. The van der Waals surface area contributed by atoms with Crippen molar-refractivity contribution >= 4 is 11.9 Å². The van der Waals surface area contributed by atoms with E-state index in [2.05, 4.69) is 22.8 Å². The lowest BCUT2D eigenvalue weighted by molar-refractivity contribution is -0.101. The van der Waals surface area contributed by atoms with Gasteiger partial charge in [-0.15, -0.1) is 0 Å². The molecule has 1 unspecified atom stereocenters. The van der Waals surface area contributed by atoms with Crippen LogP contribution in [0.2, 0.25) is 0 Å². The summed E-state index contributed by atoms with van der Waals surface area (Å²) in [6, 6.07) is 9.94. The number of aliphatic hydroxyl groups is 1. The van der Waals surface area contributed by atoms with Gasteiger partial charge in [-0.2, -0.15) is 0 Å². The molecule has 0 spiro atoms. The van der Waals surface area contributed by atoms with Gasteiger partial charge < -0.3 is 19.6 Å². The number of methoxy groups -OCH3 is 1. The fourth-order valence-corrected chi connectivity index (χ4v) is 4.28. The van der Waals surface area contributed by atoms with E-state index in [0.29, 0.717) is 18.0 Å². The molecule has 1 fully saturated rings. The number of benzene rings is 1. The number of nitrogens with zero attached hydrogens (tertiary/aromatic N) is 3. The largest absolute Gasteiger partial charge is 0.496 e. The van der Waals surface area contributed by atoms with Crippen molar-refractivity contribution in [2.24, 2.45) is 5.16 Å². The van der Waals surface area contributed by atoms with Gasteiger partial charge in [0.15, 0.2) is 5.84 Å². The summed E-state index contributed by atoms with van der Waals surface area (Å²) in [6.07, 6.45) is 11.3. The number of ether oxygens (including phenoxy) is 1. The van der Waals surface area contributed by atoms with Gasteiger partial charge in [0.2, 0.25) is 0 Å². The SMILES string of the molecule is C=C/C(F)=C\C=C(/C)C1(CO)ON=C2/C(=C/c3ccc(-c4ccncc4)c(OC)c3)CCCN21.CC. The maximum Gasteiger partial charge on any atom is 0.256 e. The lowest BCUT2D eigenvalue weighted by atomic mass is 9.94. The smallest absolute Gasteiger partial charge is 0.256 e. The zero-order valence-electron chi connectivity index (χ0n) is 21.4. The van der Waals surface area contributed by atoms with Crippen molar-refractivity contribution in [1.82, 2.24) is 9.88 Å². The maximum atomic E-state index is 13.6. The zero-order valence-corrected chi connectivity index (χ0v) is 21.4. The first-order chi connectivity index (χ1) is 17.5. The summed E-state index contributed by atoms with van der Waals surface area (Å²) < 4.78 is 19.2. The number of aliphatic hydroxyl groups excluding tert-OH is 1. The van der Waals surface area contributed by atoms with E-state index in [9.17, 15) is 9.50 Å². The lowest BCUT2D eigenvalue weighted by Gasteiger charge is -2.39. The second-order valence-corrected chi connectivity index (χ2v) is 8.17. The highest BCUT2D eigenvalue weighted by molar-refractivity contribution is 6.03. The van der Waals surface area contributed by atoms with E-state index < -0.39 is 11.6 Å². The second kappa shape index (κ2) is 12.3. The van der Waals surface area contributed by atoms with Crippen LogP contribution < -0.4 is 4.74 Å². The Morgan fingerprint density at radius 2 is 2.00 bits per heavy atom. The molecule has 1 aromatic heterocycles. The highest BCUT2D eigenvalue weighted by Gasteiger charge is 2.49. The van der Waals surface area contributed by atoms with Gasteiger partial charge in [-0.3, -0.25) is 4.98 Å². The first-order valence-corrected chi connectivity index (χ1v) is 12.1. The van der Waals surface area contributed by atoms with E-state index >= 15 is 0 Å².